The minimum Gasteiger partial charge on any atom is -0.481 e. The number of aromatic nitrogens is 4. The smallest absolute Gasteiger partial charge is 0.276 e. The number of methoxy groups -OCH3 is 1. The minimum atomic E-state index is -0.202. The van der Waals surface area contributed by atoms with Gasteiger partial charge in [-0.25, -0.2) is 9.97 Å². The third-order valence-electron chi connectivity index (χ3n) is 4.49. The summed E-state index contributed by atoms with van der Waals surface area (Å²) in [6.45, 7) is 0. The Kier molecular flexibility index (Phi) is 3.54. The van der Waals surface area contributed by atoms with Gasteiger partial charge in [-0.3, -0.25) is 4.79 Å². The van der Waals surface area contributed by atoms with Crippen molar-refractivity contribution in [2.75, 3.05) is 7.11 Å². The van der Waals surface area contributed by atoms with Crippen LogP contribution in [0, 0.1) is 0 Å². The van der Waals surface area contributed by atoms with Crippen LogP contribution in [0.4, 0.5) is 0 Å². The highest BCUT2D eigenvalue weighted by Gasteiger charge is 2.12. The van der Waals surface area contributed by atoms with Crippen molar-refractivity contribution in [2.45, 2.75) is 0 Å². The Balaban J connectivity index is 1.60. The molecule has 0 radical (unpaired) electrons. The quantitative estimate of drug-likeness (QED) is 0.496. The molecule has 0 aliphatic heterocycles. The number of thiophene rings is 1. The molecule has 0 fully saturated rings. The lowest BCUT2D eigenvalue weighted by molar-refractivity contribution is 0.398. The van der Waals surface area contributed by atoms with E-state index in [0.717, 1.165) is 33.1 Å². The van der Waals surface area contributed by atoms with Crippen molar-refractivity contribution in [3.63, 3.8) is 0 Å². The van der Waals surface area contributed by atoms with E-state index in [4.69, 9.17) is 4.74 Å². The van der Waals surface area contributed by atoms with Gasteiger partial charge in [-0.1, -0.05) is 6.07 Å². The van der Waals surface area contributed by atoms with Crippen molar-refractivity contribution in [3.05, 3.63) is 63.7 Å². The average molecular weight is 374 g/mol. The summed E-state index contributed by atoms with van der Waals surface area (Å²) in [6.07, 6.45) is 1.78. The first-order valence-corrected chi connectivity index (χ1v) is 9.25. The van der Waals surface area contributed by atoms with Crippen molar-refractivity contribution < 1.29 is 4.74 Å². The van der Waals surface area contributed by atoms with Crippen LogP contribution in [-0.2, 0) is 0 Å². The molecule has 0 bridgehead atoms. The van der Waals surface area contributed by atoms with Gasteiger partial charge >= 0.3 is 0 Å². The predicted molar refractivity (Wildman–Crippen MR) is 107 cm³/mol. The van der Waals surface area contributed by atoms with E-state index in [9.17, 15) is 4.79 Å². The van der Waals surface area contributed by atoms with Crippen molar-refractivity contribution in [1.29, 1.82) is 0 Å². The van der Waals surface area contributed by atoms with Gasteiger partial charge in [0.2, 0.25) is 5.88 Å². The second kappa shape index (κ2) is 6.07. The molecule has 1 aromatic carbocycles. The van der Waals surface area contributed by atoms with Crippen LogP contribution >= 0.6 is 11.3 Å². The van der Waals surface area contributed by atoms with Crippen LogP contribution in [0.3, 0.4) is 0 Å². The van der Waals surface area contributed by atoms with Crippen LogP contribution in [0.25, 0.3) is 44.5 Å². The van der Waals surface area contributed by atoms with E-state index in [-0.39, 0.29) is 5.56 Å². The maximum Gasteiger partial charge on any atom is 0.276 e. The fourth-order valence-electron chi connectivity index (χ4n) is 3.12. The molecule has 4 heterocycles. The number of benzene rings is 1. The topological polar surface area (TPSA) is 83.7 Å². The van der Waals surface area contributed by atoms with E-state index in [2.05, 4.69) is 26.0 Å². The van der Waals surface area contributed by atoms with E-state index in [1.54, 1.807) is 13.3 Å². The van der Waals surface area contributed by atoms with Gasteiger partial charge in [0, 0.05) is 39.5 Å². The molecule has 0 saturated carbocycles. The molecule has 4 aromatic heterocycles. The summed E-state index contributed by atoms with van der Waals surface area (Å²) in [5.74, 6) is 0.581. The number of H-pyrrole nitrogens is 2. The number of ether oxygens (including phenoxy) is 1. The van der Waals surface area contributed by atoms with Crippen molar-refractivity contribution in [1.82, 2.24) is 19.9 Å². The molecule has 27 heavy (non-hydrogen) atoms. The maximum atomic E-state index is 12.4. The molecule has 0 unspecified atom stereocenters. The molecule has 0 spiro atoms. The normalized spacial score (nSPS) is 11.3. The van der Waals surface area contributed by atoms with Gasteiger partial charge in [0.1, 0.15) is 0 Å². The number of rotatable bonds is 3. The lowest BCUT2D eigenvalue weighted by Crippen LogP contribution is -2.10. The molecule has 6 nitrogen and oxygen atoms in total. The van der Waals surface area contributed by atoms with Gasteiger partial charge < -0.3 is 14.7 Å². The molecular formula is C20H14N4O2S. The first-order chi connectivity index (χ1) is 13.2. The molecule has 0 atom stereocenters. The monoisotopic (exact) mass is 374 g/mol. The number of pyridine rings is 1. The number of hydrogen-bond acceptors (Lipinski definition) is 5. The molecular weight excluding hydrogens is 360 g/mol. The number of nitrogens with one attached hydrogen (secondary N) is 2. The van der Waals surface area contributed by atoms with Gasteiger partial charge in [0.15, 0.2) is 5.69 Å². The van der Waals surface area contributed by atoms with Gasteiger partial charge in [0.05, 0.1) is 23.8 Å². The van der Waals surface area contributed by atoms with E-state index >= 15 is 0 Å². The highest BCUT2D eigenvalue weighted by molar-refractivity contribution is 7.09. The first-order valence-electron chi connectivity index (χ1n) is 8.31. The van der Waals surface area contributed by atoms with Gasteiger partial charge in [-0.15, -0.1) is 11.3 Å². The summed E-state index contributed by atoms with van der Waals surface area (Å²) < 4.78 is 5.11. The average Bonchev–Trinajstić information content (AvgIpc) is 3.32. The highest BCUT2D eigenvalue weighted by atomic mass is 32.1. The summed E-state index contributed by atoms with van der Waals surface area (Å²) in [6, 6.07) is 11.8. The Morgan fingerprint density at radius 2 is 1.89 bits per heavy atom. The number of hydrogen-bond donors (Lipinski definition) is 2. The Bertz CT molecular complexity index is 1330. The van der Waals surface area contributed by atoms with Crippen LogP contribution in [-0.4, -0.2) is 27.0 Å². The molecule has 0 aliphatic rings. The zero-order valence-electron chi connectivity index (χ0n) is 14.3. The fourth-order valence-corrected chi connectivity index (χ4v) is 3.81. The second-order valence-electron chi connectivity index (χ2n) is 6.16. The molecule has 0 saturated heterocycles. The highest BCUT2D eigenvalue weighted by Crippen LogP contribution is 2.28. The zero-order valence-corrected chi connectivity index (χ0v) is 15.1. The van der Waals surface area contributed by atoms with E-state index in [1.807, 2.05) is 41.1 Å². The molecule has 7 heteroatoms. The van der Waals surface area contributed by atoms with E-state index in [0.29, 0.717) is 17.3 Å². The molecule has 132 valence electrons. The van der Waals surface area contributed by atoms with Crippen LogP contribution in [0.15, 0.2) is 58.1 Å². The van der Waals surface area contributed by atoms with Crippen LogP contribution in [0.2, 0.25) is 0 Å². The van der Waals surface area contributed by atoms with Gasteiger partial charge in [-0.2, -0.15) is 0 Å². The molecule has 2 N–H and O–H groups in total. The van der Waals surface area contributed by atoms with Crippen LogP contribution in [0.1, 0.15) is 0 Å². The maximum absolute atomic E-state index is 12.4. The summed E-state index contributed by atoms with van der Waals surface area (Å²) in [4.78, 5) is 27.3. The predicted octanol–water partition coefficient (Wildman–Crippen LogP) is 4.20. The van der Waals surface area contributed by atoms with Crippen molar-refractivity contribution >= 4 is 33.3 Å². The molecule has 0 aliphatic carbocycles. The third-order valence-corrected chi connectivity index (χ3v) is 5.22. The van der Waals surface area contributed by atoms with Crippen molar-refractivity contribution in [3.8, 4) is 28.4 Å². The lowest BCUT2D eigenvalue weighted by atomic mass is 10.1. The summed E-state index contributed by atoms with van der Waals surface area (Å²) in [5.41, 5.74) is 5.43. The lowest BCUT2D eigenvalue weighted by Gasteiger charge is -2.03. The Morgan fingerprint density at radius 1 is 1.00 bits per heavy atom. The zero-order chi connectivity index (χ0) is 18.4. The summed E-state index contributed by atoms with van der Waals surface area (Å²) in [7, 11) is 1.60. The van der Waals surface area contributed by atoms with E-state index in [1.165, 1.54) is 11.3 Å². The first kappa shape index (κ1) is 15.8. The fraction of sp³-hybridized carbons (Fsp3) is 0.0500. The Labute approximate surface area is 157 Å². The van der Waals surface area contributed by atoms with Crippen LogP contribution in [0.5, 0.6) is 5.88 Å². The molecule has 0 amide bonds. The molecule has 5 rings (SSSR count). The third kappa shape index (κ3) is 2.69. The number of fused-ring (bicyclic) bond motifs is 2. The van der Waals surface area contributed by atoms with Gasteiger partial charge in [0.25, 0.3) is 5.56 Å². The second-order valence-corrected chi connectivity index (χ2v) is 6.90. The Morgan fingerprint density at radius 3 is 2.70 bits per heavy atom. The van der Waals surface area contributed by atoms with E-state index < -0.39 is 0 Å². The minimum absolute atomic E-state index is 0.202. The number of aromatic amines is 2. The van der Waals surface area contributed by atoms with Gasteiger partial charge in [-0.05, 0) is 29.8 Å². The largest absolute Gasteiger partial charge is 0.481 e. The van der Waals surface area contributed by atoms with Crippen LogP contribution < -0.4 is 10.3 Å². The SMILES string of the molecule is COc1ccc(-c2ccc3[nH]c(-c4nc5cscc5[nH]c4=O)cc3c2)cn1. The Hall–Kier alpha value is -3.45. The standard InChI is InChI=1S/C20H14N4O2S/c1-26-18-5-3-12(8-21-18)11-2-4-14-13(6-11)7-15(22-14)19-20(25)24-17-10-27-9-16(17)23-19/h2-10,22H,1H3,(H,24,25). The number of nitrogens with zero attached hydrogens (tertiary/aromatic N) is 2. The summed E-state index contributed by atoms with van der Waals surface area (Å²) >= 11 is 1.51. The molecule has 5 aromatic rings. The van der Waals surface area contributed by atoms with Crippen molar-refractivity contribution in [2.24, 2.45) is 0 Å². The summed E-state index contributed by atoms with van der Waals surface area (Å²) in [5, 5.41) is 4.81.